The second-order valence-corrected chi connectivity index (χ2v) is 5.38. The number of rotatable bonds is 4. The number of hydrogen-bond donors (Lipinski definition) is 1. The molecule has 1 aromatic heterocycles. The van der Waals surface area contributed by atoms with Crippen LogP contribution in [-0.4, -0.2) is 9.78 Å². The zero-order valence-electron chi connectivity index (χ0n) is 12.2. The normalized spacial score (nSPS) is 11.2. The topological polar surface area (TPSA) is 37.8 Å². The predicted octanol–water partition coefficient (Wildman–Crippen LogP) is 3.69. The van der Waals surface area contributed by atoms with Crippen LogP contribution in [0.15, 0.2) is 29.1 Å². The lowest BCUT2D eigenvalue weighted by Crippen LogP contribution is -2.17. The minimum Gasteiger partial charge on any atom is -0.299 e. The molecular formula is C16H22N2O. The summed E-state index contributed by atoms with van der Waals surface area (Å²) in [7, 11) is 0. The highest BCUT2D eigenvalue weighted by atomic mass is 16.1. The molecule has 0 unspecified atom stereocenters. The molecule has 0 fully saturated rings. The van der Waals surface area contributed by atoms with E-state index in [-0.39, 0.29) is 5.56 Å². The number of nitrogens with one attached hydrogen (secondary N) is 1. The molecule has 0 aliphatic carbocycles. The van der Waals surface area contributed by atoms with Crippen molar-refractivity contribution in [3.05, 3.63) is 45.9 Å². The molecule has 2 rings (SSSR count). The standard InChI is InChI=1S/C16H22N2O/c1-5-10-18-16(19)14(15(17-18)11(2)3)13-8-6-12(4)7-9-13/h6-9,11,17H,5,10H2,1-4H3. The summed E-state index contributed by atoms with van der Waals surface area (Å²) in [4.78, 5) is 12.5. The third kappa shape index (κ3) is 2.65. The molecule has 102 valence electrons. The Morgan fingerprint density at radius 2 is 1.84 bits per heavy atom. The van der Waals surface area contributed by atoms with Crippen LogP contribution in [0.25, 0.3) is 11.1 Å². The minimum atomic E-state index is 0.0920. The molecule has 3 nitrogen and oxygen atoms in total. The van der Waals surface area contributed by atoms with Crippen LogP contribution in [0.1, 0.15) is 44.4 Å². The summed E-state index contributed by atoms with van der Waals surface area (Å²) < 4.78 is 1.73. The van der Waals surface area contributed by atoms with Gasteiger partial charge in [0.2, 0.25) is 0 Å². The van der Waals surface area contributed by atoms with E-state index in [4.69, 9.17) is 0 Å². The Morgan fingerprint density at radius 1 is 1.21 bits per heavy atom. The van der Waals surface area contributed by atoms with E-state index in [0.29, 0.717) is 5.92 Å². The van der Waals surface area contributed by atoms with E-state index in [1.54, 1.807) is 4.68 Å². The van der Waals surface area contributed by atoms with Crippen molar-refractivity contribution < 1.29 is 0 Å². The van der Waals surface area contributed by atoms with Gasteiger partial charge in [0.1, 0.15) is 0 Å². The summed E-state index contributed by atoms with van der Waals surface area (Å²) in [5.74, 6) is 0.308. The van der Waals surface area contributed by atoms with Crippen molar-refractivity contribution in [1.29, 1.82) is 0 Å². The van der Waals surface area contributed by atoms with Crippen molar-refractivity contribution >= 4 is 0 Å². The highest BCUT2D eigenvalue weighted by molar-refractivity contribution is 5.66. The molecule has 0 bridgehead atoms. The van der Waals surface area contributed by atoms with Gasteiger partial charge in [-0.25, -0.2) is 0 Å². The van der Waals surface area contributed by atoms with Gasteiger partial charge in [0.25, 0.3) is 5.56 Å². The fraction of sp³-hybridized carbons (Fsp3) is 0.438. The van der Waals surface area contributed by atoms with Crippen LogP contribution in [0, 0.1) is 6.92 Å². The molecule has 1 aromatic carbocycles. The lowest BCUT2D eigenvalue weighted by Gasteiger charge is -2.05. The minimum absolute atomic E-state index is 0.0920. The van der Waals surface area contributed by atoms with Crippen LogP contribution in [0.4, 0.5) is 0 Å². The number of aromatic amines is 1. The smallest absolute Gasteiger partial charge is 0.274 e. The van der Waals surface area contributed by atoms with Crippen molar-refractivity contribution in [2.24, 2.45) is 0 Å². The third-order valence-electron chi connectivity index (χ3n) is 3.35. The number of nitrogens with zero attached hydrogens (tertiary/aromatic N) is 1. The molecule has 2 aromatic rings. The van der Waals surface area contributed by atoms with Gasteiger partial charge in [-0.1, -0.05) is 50.6 Å². The molecule has 0 radical (unpaired) electrons. The second-order valence-electron chi connectivity index (χ2n) is 5.38. The van der Waals surface area contributed by atoms with Crippen LogP contribution in [-0.2, 0) is 6.54 Å². The fourth-order valence-corrected chi connectivity index (χ4v) is 2.30. The van der Waals surface area contributed by atoms with Crippen molar-refractivity contribution in [2.45, 2.75) is 46.6 Å². The molecule has 19 heavy (non-hydrogen) atoms. The van der Waals surface area contributed by atoms with Gasteiger partial charge in [-0.05, 0) is 24.8 Å². The first-order chi connectivity index (χ1) is 9.04. The maximum Gasteiger partial charge on any atom is 0.274 e. The lowest BCUT2D eigenvalue weighted by molar-refractivity contribution is 0.573. The van der Waals surface area contributed by atoms with E-state index >= 15 is 0 Å². The molecule has 0 atom stereocenters. The fourth-order valence-electron chi connectivity index (χ4n) is 2.30. The van der Waals surface area contributed by atoms with Crippen LogP contribution < -0.4 is 5.56 Å². The average Bonchev–Trinajstić information content (AvgIpc) is 2.69. The van der Waals surface area contributed by atoms with E-state index in [1.165, 1.54) is 5.56 Å². The van der Waals surface area contributed by atoms with Gasteiger partial charge in [0.05, 0.1) is 5.56 Å². The molecule has 0 saturated carbocycles. The monoisotopic (exact) mass is 258 g/mol. The summed E-state index contributed by atoms with van der Waals surface area (Å²) in [6, 6.07) is 8.16. The van der Waals surface area contributed by atoms with Crippen LogP contribution >= 0.6 is 0 Å². The lowest BCUT2D eigenvalue weighted by atomic mass is 9.99. The maximum absolute atomic E-state index is 12.5. The summed E-state index contributed by atoms with van der Waals surface area (Å²) in [6.07, 6.45) is 0.950. The zero-order valence-corrected chi connectivity index (χ0v) is 12.2. The van der Waals surface area contributed by atoms with E-state index in [0.717, 1.165) is 29.8 Å². The molecule has 0 spiro atoms. The predicted molar refractivity (Wildman–Crippen MR) is 79.6 cm³/mol. The summed E-state index contributed by atoms with van der Waals surface area (Å²) in [5.41, 5.74) is 4.16. The van der Waals surface area contributed by atoms with Crippen molar-refractivity contribution in [1.82, 2.24) is 9.78 Å². The largest absolute Gasteiger partial charge is 0.299 e. The van der Waals surface area contributed by atoms with Gasteiger partial charge >= 0.3 is 0 Å². The van der Waals surface area contributed by atoms with Crippen molar-refractivity contribution in [3.8, 4) is 11.1 Å². The first kappa shape index (κ1) is 13.7. The Hall–Kier alpha value is -1.77. The maximum atomic E-state index is 12.5. The quantitative estimate of drug-likeness (QED) is 0.892. The number of hydrogen-bond acceptors (Lipinski definition) is 1. The highest BCUT2D eigenvalue weighted by Crippen LogP contribution is 2.25. The molecule has 0 aliphatic heterocycles. The molecule has 0 amide bonds. The molecular weight excluding hydrogens is 236 g/mol. The SMILES string of the molecule is CCCn1[nH]c(C(C)C)c(-c2ccc(C)cc2)c1=O. The highest BCUT2D eigenvalue weighted by Gasteiger charge is 2.17. The average molecular weight is 258 g/mol. The second kappa shape index (κ2) is 5.47. The van der Waals surface area contributed by atoms with Crippen LogP contribution in [0.2, 0.25) is 0 Å². The summed E-state index contributed by atoms with van der Waals surface area (Å²) in [5, 5.41) is 3.27. The Balaban J connectivity index is 2.60. The van der Waals surface area contributed by atoms with E-state index in [2.05, 4.69) is 44.9 Å². The van der Waals surface area contributed by atoms with Crippen molar-refractivity contribution in [2.75, 3.05) is 0 Å². The number of H-pyrrole nitrogens is 1. The van der Waals surface area contributed by atoms with Gasteiger partial charge in [-0.3, -0.25) is 14.6 Å². The van der Waals surface area contributed by atoms with Gasteiger partial charge in [-0.15, -0.1) is 0 Å². The summed E-state index contributed by atoms with van der Waals surface area (Å²) in [6.45, 7) is 9.09. The van der Waals surface area contributed by atoms with Gasteiger partial charge < -0.3 is 0 Å². The molecule has 1 heterocycles. The number of aromatic nitrogens is 2. The Kier molecular flexibility index (Phi) is 3.93. The molecule has 1 N–H and O–H groups in total. The van der Waals surface area contributed by atoms with Crippen LogP contribution in [0.3, 0.4) is 0 Å². The van der Waals surface area contributed by atoms with E-state index < -0.39 is 0 Å². The first-order valence-corrected chi connectivity index (χ1v) is 6.94. The Bertz CT molecular complexity index is 603. The van der Waals surface area contributed by atoms with Gasteiger partial charge in [0.15, 0.2) is 0 Å². The van der Waals surface area contributed by atoms with Crippen LogP contribution in [0.5, 0.6) is 0 Å². The Morgan fingerprint density at radius 3 is 2.37 bits per heavy atom. The summed E-state index contributed by atoms with van der Waals surface area (Å²) >= 11 is 0. The first-order valence-electron chi connectivity index (χ1n) is 6.94. The number of aryl methyl sites for hydroxylation is 2. The van der Waals surface area contributed by atoms with E-state index in [9.17, 15) is 4.79 Å². The molecule has 0 aliphatic rings. The van der Waals surface area contributed by atoms with Gasteiger partial charge in [-0.2, -0.15) is 0 Å². The van der Waals surface area contributed by atoms with Gasteiger partial charge in [0, 0.05) is 12.2 Å². The third-order valence-corrected chi connectivity index (χ3v) is 3.35. The number of benzene rings is 1. The Labute approximate surface area is 114 Å². The van der Waals surface area contributed by atoms with Crippen molar-refractivity contribution in [3.63, 3.8) is 0 Å². The van der Waals surface area contributed by atoms with E-state index in [1.807, 2.05) is 12.1 Å². The molecule has 0 saturated heterocycles. The zero-order chi connectivity index (χ0) is 14.0. The molecule has 3 heteroatoms.